The van der Waals surface area contributed by atoms with E-state index >= 15 is 0 Å². The van der Waals surface area contributed by atoms with Gasteiger partial charge in [-0.25, -0.2) is 4.39 Å². The SMILES string of the molecule is CC1(c2cncc(F)c2)OCC(CCl)O1. The molecule has 3 nitrogen and oxygen atoms in total. The molecule has 1 aliphatic rings. The van der Waals surface area contributed by atoms with Gasteiger partial charge in [-0.15, -0.1) is 11.6 Å². The number of alkyl halides is 1. The van der Waals surface area contributed by atoms with Crippen molar-refractivity contribution >= 4 is 11.6 Å². The van der Waals surface area contributed by atoms with Crippen LogP contribution >= 0.6 is 11.6 Å². The fourth-order valence-electron chi connectivity index (χ4n) is 1.53. The molecule has 15 heavy (non-hydrogen) atoms. The average Bonchev–Trinajstić information content (AvgIpc) is 2.62. The van der Waals surface area contributed by atoms with Gasteiger partial charge in [0.1, 0.15) is 5.82 Å². The summed E-state index contributed by atoms with van der Waals surface area (Å²) in [6, 6.07) is 1.35. The van der Waals surface area contributed by atoms with E-state index in [0.29, 0.717) is 18.1 Å². The Labute approximate surface area is 92.2 Å². The molecule has 1 aliphatic heterocycles. The Kier molecular flexibility index (Phi) is 2.91. The van der Waals surface area contributed by atoms with Gasteiger partial charge in [-0.3, -0.25) is 4.98 Å². The van der Waals surface area contributed by atoms with Gasteiger partial charge < -0.3 is 9.47 Å². The standard InChI is InChI=1S/C10H11ClFNO2/c1-10(14-6-9(3-11)15-10)7-2-8(12)5-13-4-7/h2,4-5,9H,3,6H2,1H3. The summed E-state index contributed by atoms with van der Waals surface area (Å²) in [5, 5.41) is 0. The minimum atomic E-state index is -0.936. The first kappa shape index (κ1) is 10.8. The summed E-state index contributed by atoms with van der Waals surface area (Å²) in [7, 11) is 0. The van der Waals surface area contributed by atoms with Crippen LogP contribution in [-0.2, 0) is 15.3 Å². The predicted molar refractivity (Wildman–Crippen MR) is 53.1 cm³/mol. The van der Waals surface area contributed by atoms with E-state index in [1.54, 1.807) is 6.92 Å². The molecule has 1 saturated heterocycles. The van der Waals surface area contributed by atoms with E-state index in [2.05, 4.69) is 4.98 Å². The van der Waals surface area contributed by atoms with Crippen molar-refractivity contribution in [3.05, 3.63) is 29.8 Å². The van der Waals surface area contributed by atoms with E-state index in [4.69, 9.17) is 21.1 Å². The van der Waals surface area contributed by atoms with Gasteiger partial charge in [0.05, 0.1) is 24.8 Å². The first-order valence-corrected chi connectivity index (χ1v) is 5.16. The molecule has 5 heteroatoms. The van der Waals surface area contributed by atoms with E-state index in [1.807, 2.05) is 0 Å². The summed E-state index contributed by atoms with van der Waals surface area (Å²) in [4.78, 5) is 3.76. The molecule has 2 rings (SSSR count). The van der Waals surface area contributed by atoms with Gasteiger partial charge in [-0.2, -0.15) is 0 Å². The fourth-order valence-corrected chi connectivity index (χ4v) is 1.68. The minimum absolute atomic E-state index is 0.153. The lowest BCUT2D eigenvalue weighted by Gasteiger charge is -2.22. The molecule has 2 atom stereocenters. The third-order valence-electron chi connectivity index (χ3n) is 2.34. The predicted octanol–water partition coefficient (Wildman–Crippen LogP) is 2.05. The molecule has 1 aromatic heterocycles. The molecule has 0 aromatic carbocycles. The first-order chi connectivity index (χ1) is 7.14. The van der Waals surface area contributed by atoms with Gasteiger partial charge in [0.25, 0.3) is 0 Å². The number of nitrogens with zero attached hydrogens (tertiary/aromatic N) is 1. The van der Waals surface area contributed by atoms with E-state index < -0.39 is 11.6 Å². The first-order valence-electron chi connectivity index (χ1n) is 4.63. The Hall–Kier alpha value is -0.710. The molecule has 0 saturated carbocycles. The van der Waals surface area contributed by atoms with Crippen molar-refractivity contribution in [3.8, 4) is 0 Å². The largest absolute Gasteiger partial charge is 0.343 e. The maximum Gasteiger partial charge on any atom is 0.194 e. The van der Waals surface area contributed by atoms with Crippen molar-refractivity contribution in [3.63, 3.8) is 0 Å². The summed E-state index contributed by atoms with van der Waals surface area (Å²) in [5.74, 6) is -0.984. The van der Waals surface area contributed by atoms with Crippen molar-refractivity contribution in [2.24, 2.45) is 0 Å². The molecular formula is C10H11ClFNO2. The van der Waals surface area contributed by atoms with Crippen LogP contribution in [0.1, 0.15) is 12.5 Å². The second-order valence-corrected chi connectivity index (χ2v) is 3.85. The van der Waals surface area contributed by atoms with Crippen molar-refractivity contribution in [1.29, 1.82) is 0 Å². The monoisotopic (exact) mass is 231 g/mol. The Morgan fingerprint density at radius 1 is 1.67 bits per heavy atom. The highest BCUT2D eigenvalue weighted by Gasteiger charge is 2.38. The second kappa shape index (κ2) is 4.04. The molecule has 2 heterocycles. The third-order valence-corrected chi connectivity index (χ3v) is 2.68. The summed E-state index contributed by atoms with van der Waals surface area (Å²) < 4.78 is 24.0. The van der Waals surface area contributed by atoms with Crippen molar-refractivity contribution < 1.29 is 13.9 Å². The quantitative estimate of drug-likeness (QED) is 0.730. The maximum atomic E-state index is 13.0. The molecule has 0 bridgehead atoms. The van der Waals surface area contributed by atoms with Crippen LogP contribution in [0.3, 0.4) is 0 Å². The smallest absolute Gasteiger partial charge is 0.194 e. The van der Waals surface area contributed by atoms with Gasteiger partial charge in [-0.05, 0) is 13.0 Å². The van der Waals surface area contributed by atoms with Gasteiger partial charge in [0.15, 0.2) is 5.79 Å². The molecule has 82 valence electrons. The van der Waals surface area contributed by atoms with Gasteiger partial charge in [0.2, 0.25) is 0 Å². The number of rotatable bonds is 2. The van der Waals surface area contributed by atoms with Crippen LogP contribution in [0.2, 0.25) is 0 Å². The van der Waals surface area contributed by atoms with Crippen LogP contribution in [0.4, 0.5) is 4.39 Å². The van der Waals surface area contributed by atoms with Crippen LogP contribution in [0.15, 0.2) is 18.5 Å². The van der Waals surface area contributed by atoms with Crippen molar-refractivity contribution in [1.82, 2.24) is 4.98 Å². The zero-order valence-corrected chi connectivity index (χ0v) is 9.00. The Morgan fingerprint density at radius 3 is 3.07 bits per heavy atom. The molecule has 1 aromatic rings. The molecule has 0 aliphatic carbocycles. The molecule has 0 amide bonds. The summed E-state index contributed by atoms with van der Waals surface area (Å²) in [6.07, 6.45) is 2.51. The lowest BCUT2D eigenvalue weighted by Crippen LogP contribution is -2.24. The molecule has 0 N–H and O–H groups in total. The van der Waals surface area contributed by atoms with Crippen LogP contribution in [0.25, 0.3) is 0 Å². The van der Waals surface area contributed by atoms with Crippen LogP contribution in [-0.4, -0.2) is 23.6 Å². The van der Waals surface area contributed by atoms with Crippen LogP contribution < -0.4 is 0 Å². The highest BCUT2D eigenvalue weighted by atomic mass is 35.5. The highest BCUT2D eigenvalue weighted by Crippen LogP contribution is 2.33. The lowest BCUT2D eigenvalue weighted by molar-refractivity contribution is -0.159. The molecular weight excluding hydrogens is 221 g/mol. The van der Waals surface area contributed by atoms with Crippen LogP contribution in [0.5, 0.6) is 0 Å². The molecule has 2 unspecified atom stereocenters. The number of hydrogen-bond donors (Lipinski definition) is 0. The summed E-state index contributed by atoms with van der Waals surface area (Å²) in [5.41, 5.74) is 0.565. The number of halogens is 2. The van der Waals surface area contributed by atoms with E-state index in [1.165, 1.54) is 12.3 Å². The normalized spacial score (nSPS) is 30.7. The number of ether oxygens (including phenoxy) is 2. The molecule has 0 radical (unpaired) electrons. The number of hydrogen-bond acceptors (Lipinski definition) is 3. The lowest BCUT2D eigenvalue weighted by atomic mass is 10.1. The molecule has 0 spiro atoms. The maximum absolute atomic E-state index is 13.0. The van der Waals surface area contributed by atoms with Crippen molar-refractivity contribution in [2.45, 2.75) is 18.8 Å². The topological polar surface area (TPSA) is 31.4 Å². The molecule has 1 fully saturated rings. The Bertz CT molecular complexity index is 363. The highest BCUT2D eigenvalue weighted by molar-refractivity contribution is 6.18. The van der Waals surface area contributed by atoms with Gasteiger partial charge >= 0.3 is 0 Å². The average molecular weight is 232 g/mol. The fraction of sp³-hybridized carbons (Fsp3) is 0.500. The third kappa shape index (κ3) is 2.12. The number of aromatic nitrogens is 1. The summed E-state index contributed by atoms with van der Waals surface area (Å²) >= 11 is 5.66. The van der Waals surface area contributed by atoms with E-state index in [9.17, 15) is 4.39 Å². The summed E-state index contributed by atoms with van der Waals surface area (Å²) in [6.45, 7) is 2.15. The zero-order chi connectivity index (χ0) is 10.9. The number of pyridine rings is 1. The van der Waals surface area contributed by atoms with Crippen LogP contribution in [0, 0.1) is 5.82 Å². The Morgan fingerprint density at radius 2 is 2.47 bits per heavy atom. The van der Waals surface area contributed by atoms with E-state index in [0.717, 1.165) is 6.20 Å². The van der Waals surface area contributed by atoms with Crippen molar-refractivity contribution in [2.75, 3.05) is 12.5 Å². The Balaban J connectivity index is 2.23. The van der Waals surface area contributed by atoms with Gasteiger partial charge in [0, 0.05) is 11.8 Å². The zero-order valence-electron chi connectivity index (χ0n) is 8.24. The van der Waals surface area contributed by atoms with E-state index in [-0.39, 0.29) is 6.10 Å². The second-order valence-electron chi connectivity index (χ2n) is 3.54. The van der Waals surface area contributed by atoms with Gasteiger partial charge in [-0.1, -0.05) is 0 Å². The minimum Gasteiger partial charge on any atom is -0.343 e.